The van der Waals surface area contributed by atoms with Crippen LogP contribution in [0.15, 0.2) is 183 Å². The molecule has 0 saturated carbocycles. The molecule has 0 aliphatic rings. The van der Waals surface area contributed by atoms with Gasteiger partial charge in [0.15, 0.2) is 11.5 Å². The number of amides is 1. The summed E-state index contributed by atoms with van der Waals surface area (Å²) < 4.78 is 18.7. The monoisotopic (exact) mass is 970 g/mol. The van der Waals surface area contributed by atoms with Crippen LogP contribution < -0.4 is 19.4 Å². The van der Waals surface area contributed by atoms with Crippen LogP contribution in [0.1, 0.15) is 68.6 Å². The Hall–Kier alpha value is -8.55. The lowest BCUT2D eigenvalue weighted by Gasteiger charge is -2.24. The van der Waals surface area contributed by atoms with Crippen LogP contribution in [0.5, 0.6) is 11.5 Å². The molecule has 0 aliphatic carbocycles. The zero-order chi connectivity index (χ0) is 50.7. The molecule has 0 fully saturated rings. The number of carbonyl (C=O) groups is 1. The Morgan fingerprint density at radius 2 is 1.03 bits per heavy atom. The third-order valence-electron chi connectivity index (χ3n) is 12.5. The smallest absolute Gasteiger partial charge is 0.262 e. The maximum atomic E-state index is 14.3. The fourth-order valence-corrected chi connectivity index (χ4v) is 8.64. The first-order valence-corrected chi connectivity index (χ1v) is 25.0. The third-order valence-corrected chi connectivity index (χ3v) is 12.5. The molecule has 13 heteroatoms. The van der Waals surface area contributed by atoms with Gasteiger partial charge in [0.05, 0.1) is 35.8 Å². The minimum atomic E-state index is -0.180. The Morgan fingerprint density at radius 3 is 1.53 bits per heavy atom. The van der Waals surface area contributed by atoms with E-state index in [9.17, 15) is 4.79 Å². The van der Waals surface area contributed by atoms with Crippen molar-refractivity contribution < 1.29 is 23.5 Å². The number of aryl methyl sites for hydroxylation is 2. The summed E-state index contributed by atoms with van der Waals surface area (Å²) in [6.45, 7) is 14.3. The van der Waals surface area contributed by atoms with E-state index < -0.39 is 0 Å². The van der Waals surface area contributed by atoms with E-state index in [4.69, 9.17) is 29.0 Å². The molecule has 1 aromatic heterocycles. The van der Waals surface area contributed by atoms with E-state index in [0.29, 0.717) is 83.5 Å². The van der Waals surface area contributed by atoms with Gasteiger partial charge in [-0.2, -0.15) is 10.2 Å². The zero-order valence-electron chi connectivity index (χ0n) is 42.1. The van der Waals surface area contributed by atoms with E-state index in [2.05, 4.69) is 89.7 Å². The molecular formula is C60H58N8O5. The molecule has 368 valence electrons. The second-order valence-electron chi connectivity index (χ2n) is 17.1. The minimum Gasteiger partial charge on any atom is -0.491 e. The summed E-state index contributed by atoms with van der Waals surface area (Å²) in [6, 6.07) is 51.2. The van der Waals surface area contributed by atoms with E-state index in [1.54, 1.807) is 4.90 Å². The predicted molar refractivity (Wildman–Crippen MR) is 291 cm³/mol. The number of benzene rings is 8. The lowest BCUT2D eigenvalue weighted by atomic mass is 10.0. The number of hydrogen-bond donors (Lipinski definition) is 0. The van der Waals surface area contributed by atoms with Crippen molar-refractivity contribution >= 4 is 61.6 Å². The second kappa shape index (κ2) is 23.1. The Balaban J connectivity index is 0.920. The lowest BCUT2D eigenvalue weighted by molar-refractivity contribution is 0.0953. The van der Waals surface area contributed by atoms with Gasteiger partial charge in [0.2, 0.25) is 11.8 Å². The first-order chi connectivity index (χ1) is 35.8. The number of azo groups is 2. The van der Waals surface area contributed by atoms with Gasteiger partial charge in [-0.3, -0.25) is 14.7 Å². The highest BCUT2D eigenvalue weighted by Gasteiger charge is 2.25. The van der Waals surface area contributed by atoms with Crippen LogP contribution in [-0.4, -0.2) is 42.4 Å². The lowest BCUT2D eigenvalue weighted by Crippen LogP contribution is -2.31. The average Bonchev–Trinajstić information content (AvgIpc) is 3.94. The van der Waals surface area contributed by atoms with Crippen LogP contribution in [0.3, 0.4) is 0 Å². The molecule has 0 N–H and O–H groups in total. The number of hydroxylamine groups is 1. The molecule has 9 rings (SSSR count). The SMILES string of the molecule is CCOc1c(CON(CC)c2ccc(CC)cc2)cc2ccccc2c1N=Nc1ccc(-c2nnc(-c3ccc(N=Nc4c(OCC)c(C(=O)N(CC)c5ccc(CC)cc5)cc5ccccc45)cc3)o2)cc1. The summed E-state index contributed by atoms with van der Waals surface area (Å²) in [5, 5.41) is 33.0. The van der Waals surface area contributed by atoms with Crippen LogP contribution in [0, 0.1) is 0 Å². The number of carbonyl (C=O) groups excluding carboxylic acids is 1. The van der Waals surface area contributed by atoms with Crippen molar-refractivity contribution in [3.8, 4) is 34.4 Å². The van der Waals surface area contributed by atoms with E-state index in [-0.39, 0.29) is 12.5 Å². The highest BCUT2D eigenvalue weighted by atomic mass is 16.7. The molecule has 0 bridgehead atoms. The van der Waals surface area contributed by atoms with Crippen LogP contribution in [-0.2, 0) is 24.3 Å². The molecule has 8 aromatic carbocycles. The number of aromatic nitrogens is 2. The molecule has 13 nitrogen and oxygen atoms in total. The van der Waals surface area contributed by atoms with Crippen molar-refractivity contribution in [3.05, 3.63) is 180 Å². The van der Waals surface area contributed by atoms with Gasteiger partial charge >= 0.3 is 0 Å². The largest absolute Gasteiger partial charge is 0.491 e. The van der Waals surface area contributed by atoms with Gasteiger partial charge in [-0.05, 0) is 147 Å². The number of nitrogens with zero attached hydrogens (tertiary/aromatic N) is 8. The molecule has 0 radical (unpaired) electrons. The molecule has 0 spiro atoms. The maximum absolute atomic E-state index is 14.3. The summed E-state index contributed by atoms with van der Waals surface area (Å²) >= 11 is 0. The number of ether oxygens (including phenoxy) is 2. The summed E-state index contributed by atoms with van der Waals surface area (Å²) in [4.78, 5) is 22.5. The highest BCUT2D eigenvalue weighted by molar-refractivity contribution is 6.13. The molecule has 73 heavy (non-hydrogen) atoms. The summed E-state index contributed by atoms with van der Waals surface area (Å²) in [6.07, 6.45) is 1.89. The maximum Gasteiger partial charge on any atom is 0.262 e. The molecule has 0 unspecified atom stereocenters. The summed E-state index contributed by atoms with van der Waals surface area (Å²) in [5.41, 5.74) is 9.32. The molecule has 9 aromatic rings. The van der Waals surface area contributed by atoms with Gasteiger partial charge in [0.1, 0.15) is 18.0 Å². The van der Waals surface area contributed by atoms with Crippen molar-refractivity contribution in [3.63, 3.8) is 0 Å². The molecule has 1 amide bonds. The normalized spacial score (nSPS) is 11.5. The molecule has 1 heterocycles. The summed E-state index contributed by atoms with van der Waals surface area (Å²) in [5.74, 6) is 1.53. The van der Waals surface area contributed by atoms with Gasteiger partial charge in [-0.25, -0.2) is 0 Å². The topological polar surface area (TPSA) is 140 Å². The van der Waals surface area contributed by atoms with Gasteiger partial charge < -0.3 is 18.8 Å². The van der Waals surface area contributed by atoms with Gasteiger partial charge in [0.25, 0.3) is 5.91 Å². The molecule has 0 aliphatic heterocycles. The Labute approximate surface area is 425 Å². The van der Waals surface area contributed by atoms with Crippen molar-refractivity contribution in [2.75, 3.05) is 36.3 Å². The van der Waals surface area contributed by atoms with Crippen molar-refractivity contribution in [2.24, 2.45) is 20.5 Å². The quantitative estimate of drug-likeness (QED) is 0.0543. The summed E-state index contributed by atoms with van der Waals surface area (Å²) in [7, 11) is 0. The molecule has 0 atom stereocenters. The van der Waals surface area contributed by atoms with Crippen molar-refractivity contribution in [1.82, 2.24) is 10.2 Å². The standard InChI is InChI=1S/C60H58N8O5/c1-7-40-21-33-49(34-22-40)67(9-3)60(69)53-38-45-18-14-16-20-52(45)55(57(53)71-12-6)64-62-48-31-27-43(28-32-48)59-66-65-58(73-59)42-25-29-47(30-26-42)61-63-54-51-19-15-13-17-44(51)37-46(56(54)70-11-5)39-72-68(10-4)50-35-23-41(8-2)24-36-50/h13-38H,7-12,39H2,1-6H3. The fraction of sp³-hybridized carbons (Fsp3) is 0.217. The first-order valence-electron chi connectivity index (χ1n) is 25.0. The van der Waals surface area contributed by atoms with Gasteiger partial charge in [-0.15, -0.1) is 20.4 Å². The van der Waals surface area contributed by atoms with Crippen LogP contribution in [0.4, 0.5) is 34.1 Å². The van der Waals surface area contributed by atoms with Crippen molar-refractivity contribution in [1.29, 1.82) is 0 Å². The number of hydrogen-bond acceptors (Lipinski definition) is 12. The Kier molecular flexibility index (Phi) is 15.7. The molecular weight excluding hydrogens is 913 g/mol. The van der Waals surface area contributed by atoms with Crippen LogP contribution in [0.2, 0.25) is 0 Å². The third kappa shape index (κ3) is 11.0. The van der Waals surface area contributed by atoms with E-state index in [1.165, 1.54) is 11.1 Å². The van der Waals surface area contributed by atoms with E-state index >= 15 is 0 Å². The predicted octanol–water partition coefficient (Wildman–Crippen LogP) is 16.1. The fourth-order valence-electron chi connectivity index (χ4n) is 8.64. The zero-order valence-corrected chi connectivity index (χ0v) is 42.1. The van der Waals surface area contributed by atoms with Gasteiger partial charge in [-0.1, -0.05) is 86.6 Å². The van der Waals surface area contributed by atoms with Gasteiger partial charge in [0, 0.05) is 46.2 Å². The minimum absolute atomic E-state index is 0.180. The van der Waals surface area contributed by atoms with Crippen molar-refractivity contribution in [2.45, 2.75) is 61.0 Å². The van der Waals surface area contributed by atoms with Crippen LogP contribution in [0.25, 0.3) is 44.5 Å². The Morgan fingerprint density at radius 1 is 0.534 bits per heavy atom. The number of rotatable bonds is 20. The first kappa shape index (κ1) is 49.4. The second-order valence-corrected chi connectivity index (χ2v) is 17.1. The average molecular weight is 971 g/mol. The molecule has 0 saturated heterocycles. The van der Waals surface area contributed by atoms with E-state index in [1.807, 2.05) is 135 Å². The Bertz CT molecular complexity index is 3390. The number of fused-ring (bicyclic) bond motifs is 2. The highest BCUT2D eigenvalue weighted by Crippen LogP contribution is 2.43. The van der Waals surface area contributed by atoms with E-state index in [0.717, 1.165) is 56.9 Å². The number of anilines is 2. The van der Waals surface area contributed by atoms with Crippen LogP contribution >= 0.6 is 0 Å².